The molecule has 0 radical (unpaired) electrons. The van der Waals surface area contributed by atoms with Gasteiger partial charge in [0.25, 0.3) is 0 Å². The Morgan fingerprint density at radius 2 is 1.35 bits per heavy atom. The van der Waals surface area contributed by atoms with Crippen molar-refractivity contribution in [3.05, 3.63) is 169 Å². The van der Waals surface area contributed by atoms with Gasteiger partial charge in [-0.1, -0.05) is 115 Å². The lowest BCUT2D eigenvalue weighted by molar-refractivity contribution is 0.549. The Labute approximate surface area is 282 Å². The third-order valence-electron chi connectivity index (χ3n) is 9.95. The molecule has 48 heavy (non-hydrogen) atoms. The molecule has 2 aliphatic rings. The molecule has 1 aliphatic heterocycles. The molecular weight excluding hydrogens is 603 g/mol. The third kappa shape index (κ3) is 4.37. The van der Waals surface area contributed by atoms with Gasteiger partial charge in [0, 0.05) is 59.4 Å². The molecule has 0 saturated carbocycles. The Kier molecular flexibility index (Phi) is 6.24. The highest BCUT2D eigenvalue weighted by Gasteiger charge is 2.27. The number of nitrogens with zero attached hydrogens (tertiary/aromatic N) is 2. The summed E-state index contributed by atoms with van der Waals surface area (Å²) < 4.78 is 5.13. The van der Waals surface area contributed by atoms with E-state index < -0.39 is 0 Å². The van der Waals surface area contributed by atoms with Crippen LogP contribution in [0, 0.1) is 5.92 Å². The van der Waals surface area contributed by atoms with Gasteiger partial charge in [0.2, 0.25) is 0 Å². The summed E-state index contributed by atoms with van der Waals surface area (Å²) in [6, 6.07) is 50.4. The number of aliphatic imine (C=N–C) groups is 1. The van der Waals surface area contributed by atoms with Crippen LogP contribution in [-0.2, 0) is 0 Å². The Bertz CT molecular complexity index is 2620. The fourth-order valence-electron chi connectivity index (χ4n) is 7.60. The van der Waals surface area contributed by atoms with Gasteiger partial charge < -0.3 is 9.88 Å². The third-order valence-corrected chi connectivity index (χ3v) is 11.1. The molecular formula is C44H31N3S. The maximum absolute atomic E-state index is 5.32. The van der Waals surface area contributed by atoms with Crippen LogP contribution in [0.2, 0.25) is 0 Å². The van der Waals surface area contributed by atoms with E-state index in [0.717, 1.165) is 28.9 Å². The van der Waals surface area contributed by atoms with Gasteiger partial charge in [-0.15, -0.1) is 11.3 Å². The van der Waals surface area contributed by atoms with Crippen LogP contribution in [0.15, 0.2) is 163 Å². The molecule has 0 saturated heterocycles. The summed E-state index contributed by atoms with van der Waals surface area (Å²) in [5.41, 5.74) is 10.7. The van der Waals surface area contributed by atoms with Crippen molar-refractivity contribution in [2.24, 2.45) is 10.9 Å². The van der Waals surface area contributed by atoms with Crippen molar-refractivity contribution >= 4 is 70.4 Å². The molecule has 0 bridgehead atoms. The van der Waals surface area contributed by atoms with Gasteiger partial charge in [0.1, 0.15) is 6.17 Å². The van der Waals surface area contributed by atoms with Gasteiger partial charge >= 0.3 is 0 Å². The van der Waals surface area contributed by atoms with Gasteiger partial charge in [0.05, 0.1) is 16.7 Å². The van der Waals surface area contributed by atoms with Gasteiger partial charge in [-0.3, -0.25) is 4.99 Å². The van der Waals surface area contributed by atoms with Crippen LogP contribution in [-0.4, -0.2) is 16.4 Å². The largest absolute Gasteiger partial charge is 0.363 e. The maximum atomic E-state index is 5.32. The lowest BCUT2D eigenvalue weighted by atomic mass is 9.92. The molecule has 2 atom stereocenters. The highest BCUT2D eigenvalue weighted by atomic mass is 32.1. The predicted octanol–water partition coefficient (Wildman–Crippen LogP) is 11.5. The molecule has 1 aliphatic carbocycles. The number of thiophene rings is 1. The Morgan fingerprint density at radius 1 is 0.604 bits per heavy atom. The minimum absolute atomic E-state index is 0.0486. The summed E-state index contributed by atoms with van der Waals surface area (Å²) in [6.45, 7) is 0. The fraction of sp³-hybridized carbons (Fsp3) is 0.0682. The first-order valence-corrected chi connectivity index (χ1v) is 17.4. The number of para-hydroxylation sites is 1. The van der Waals surface area contributed by atoms with Crippen molar-refractivity contribution in [2.75, 3.05) is 5.32 Å². The number of allylic oxidation sites excluding steroid dienone is 3. The maximum Gasteiger partial charge on any atom is 0.126 e. The molecule has 3 nitrogen and oxygen atoms in total. The number of nitrogens with one attached hydrogen (secondary N) is 1. The normalized spacial score (nSPS) is 17.4. The van der Waals surface area contributed by atoms with Gasteiger partial charge in [-0.05, 0) is 60.0 Å². The lowest BCUT2D eigenvalue weighted by Gasteiger charge is -2.31. The second-order valence-corrected chi connectivity index (χ2v) is 13.8. The van der Waals surface area contributed by atoms with E-state index in [1.54, 1.807) is 0 Å². The topological polar surface area (TPSA) is 29.3 Å². The average Bonchev–Trinajstić information content (AvgIpc) is 3.68. The molecule has 10 rings (SSSR count). The summed E-state index contributed by atoms with van der Waals surface area (Å²) in [7, 11) is 0. The standard InChI is InChI=1S/C44H31N3S/c1-3-11-28(12-4-1)31-21-24-39-35(25-31)36-27-42-37(33-15-8-10-18-41(33)48-42)26-40(36)47(39)32-22-19-30(20-23-32)44-45-38-17-9-7-16-34(38)43(46-44)29-13-5-2-6-14-29/h1-19,21-27,30,44-45H,20H2. The highest BCUT2D eigenvalue weighted by Crippen LogP contribution is 2.42. The zero-order valence-corrected chi connectivity index (χ0v) is 27.0. The number of rotatable bonds is 4. The molecule has 0 fully saturated rings. The summed E-state index contributed by atoms with van der Waals surface area (Å²) >= 11 is 1.88. The van der Waals surface area contributed by atoms with Crippen LogP contribution in [0.3, 0.4) is 0 Å². The second kappa shape index (κ2) is 10.9. The van der Waals surface area contributed by atoms with Crippen molar-refractivity contribution in [3.8, 4) is 11.1 Å². The second-order valence-electron chi connectivity index (χ2n) is 12.8. The van der Waals surface area contributed by atoms with E-state index >= 15 is 0 Å². The molecule has 4 heteroatoms. The highest BCUT2D eigenvalue weighted by molar-refractivity contribution is 7.25. The van der Waals surface area contributed by atoms with Gasteiger partial charge in [-0.25, -0.2) is 0 Å². The minimum Gasteiger partial charge on any atom is -0.363 e. The molecule has 8 aromatic rings. The molecule has 2 aromatic heterocycles. The van der Waals surface area contributed by atoms with Crippen molar-refractivity contribution in [1.29, 1.82) is 0 Å². The molecule has 0 amide bonds. The van der Waals surface area contributed by atoms with Crippen molar-refractivity contribution < 1.29 is 0 Å². The number of fused-ring (bicyclic) bond motifs is 7. The van der Waals surface area contributed by atoms with Crippen molar-refractivity contribution in [3.63, 3.8) is 0 Å². The van der Waals surface area contributed by atoms with Gasteiger partial charge in [-0.2, -0.15) is 0 Å². The van der Waals surface area contributed by atoms with Crippen LogP contribution in [0.1, 0.15) is 17.5 Å². The van der Waals surface area contributed by atoms with E-state index in [2.05, 4.69) is 168 Å². The van der Waals surface area contributed by atoms with Gasteiger partial charge in [0.15, 0.2) is 0 Å². The zero-order chi connectivity index (χ0) is 31.6. The number of hydrogen-bond donors (Lipinski definition) is 1. The lowest BCUT2D eigenvalue weighted by Crippen LogP contribution is -2.32. The van der Waals surface area contributed by atoms with Crippen molar-refractivity contribution in [2.45, 2.75) is 12.6 Å². The van der Waals surface area contributed by atoms with E-state index in [4.69, 9.17) is 4.99 Å². The first-order chi connectivity index (χ1) is 23.8. The number of hydrogen-bond acceptors (Lipinski definition) is 3. The van der Waals surface area contributed by atoms with Crippen molar-refractivity contribution in [1.82, 2.24) is 4.57 Å². The zero-order valence-electron chi connectivity index (χ0n) is 26.2. The number of benzene rings is 6. The Morgan fingerprint density at radius 3 is 2.19 bits per heavy atom. The van der Waals surface area contributed by atoms with E-state index in [0.29, 0.717) is 0 Å². The van der Waals surface area contributed by atoms with Crippen LogP contribution in [0.4, 0.5) is 5.69 Å². The average molecular weight is 634 g/mol. The van der Waals surface area contributed by atoms with Crippen LogP contribution >= 0.6 is 11.3 Å². The Balaban J connectivity index is 1.09. The molecule has 3 heterocycles. The molecule has 0 spiro atoms. The summed E-state index contributed by atoms with van der Waals surface area (Å²) in [5.74, 6) is 0.228. The quantitative estimate of drug-likeness (QED) is 0.205. The van der Waals surface area contributed by atoms with E-state index in [-0.39, 0.29) is 12.1 Å². The monoisotopic (exact) mass is 633 g/mol. The molecule has 228 valence electrons. The number of anilines is 1. The first kappa shape index (κ1) is 27.4. The predicted molar refractivity (Wildman–Crippen MR) is 205 cm³/mol. The van der Waals surface area contributed by atoms with Crippen LogP contribution in [0.25, 0.3) is 58.8 Å². The molecule has 6 aromatic carbocycles. The molecule has 1 N–H and O–H groups in total. The van der Waals surface area contributed by atoms with E-state index in [1.807, 2.05) is 11.3 Å². The summed E-state index contributed by atoms with van der Waals surface area (Å²) in [4.78, 5) is 5.32. The van der Waals surface area contributed by atoms with E-state index in [1.165, 1.54) is 58.8 Å². The minimum atomic E-state index is -0.0486. The van der Waals surface area contributed by atoms with Crippen LogP contribution < -0.4 is 5.32 Å². The Hall–Kier alpha value is -5.71. The first-order valence-electron chi connectivity index (χ1n) is 16.6. The SMILES string of the molecule is C1=CC(C2N=C(c3ccccc3)c3ccccc3N2)CC=C1n1c2ccc(-c3ccccc3)cc2c2cc3sc4ccccc4c3cc21. The fourth-order valence-corrected chi connectivity index (χ4v) is 8.72. The smallest absolute Gasteiger partial charge is 0.126 e. The van der Waals surface area contributed by atoms with E-state index in [9.17, 15) is 0 Å². The van der Waals surface area contributed by atoms with Crippen LogP contribution in [0.5, 0.6) is 0 Å². The summed E-state index contributed by atoms with van der Waals surface area (Å²) in [6.07, 6.45) is 7.93. The number of aromatic nitrogens is 1. The molecule has 2 unspecified atom stereocenters. The summed E-state index contributed by atoms with van der Waals surface area (Å²) in [5, 5.41) is 8.98.